The van der Waals surface area contributed by atoms with Gasteiger partial charge in [-0.1, -0.05) is 0 Å². The third kappa shape index (κ3) is 5.32. The lowest BCUT2D eigenvalue weighted by molar-refractivity contribution is -0.136. The van der Waals surface area contributed by atoms with Crippen LogP contribution in [0.15, 0.2) is 23.1 Å². The molecule has 10 nitrogen and oxygen atoms in total. The van der Waals surface area contributed by atoms with Crippen LogP contribution in [0.25, 0.3) is 0 Å². The molecule has 2 amide bonds. The van der Waals surface area contributed by atoms with Gasteiger partial charge in [0.25, 0.3) is 5.91 Å². The van der Waals surface area contributed by atoms with Gasteiger partial charge in [-0.15, -0.1) is 0 Å². The number of morpholine rings is 1. The lowest BCUT2D eigenvalue weighted by atomic mass is 10.1. The second-order valence-electron chi connectivity index (χ2n) is 8.54. The van der Waals surface area contributed by atoms with Gasteiger partial charge in [-0.3, -0.25) is 14.5 Å². The SMILES string of the molecule is COc1ccc(C(=O)N2CCN(CC(=O)N3CCOCC3)CC2)cc1S(=O)(=O)N1CCCC1. The van der Waals surface area contributed by atoms with Crippen molar-refractivity contribution in [1.29, 1.82) is 0 Å². The number of amides is 2. The van der Waals surface area contributed by atoms with Crippen LogP contribution in [0.5, 0.6) is 5.75 Å². The average molecular weight is 481 g/mol. The molecule has 0 aliphatic carbocycles. The molecular formula is C22H32N4O6S. The van der Waals surface area contributed by atoms with Crippen LogP contribution in [-0.4, -0.2) is 118 Å². The number of hydrogen-bond acceptors (Lipinski definition) is 7. The Morgan fingerprint density at radius 1 is 0.939 bits per heavy atom. The molecule has 11 heteroatoms. The van der Waals surface area contributed by atoms with Gasteiger partial charge in [0.05, 0.1) is 26.9 Å². The predicted octanol–water partition coefficient (Wildman–Crippen LogP) is 0.0963. The van der Waals surface area contributed by atoms with Crippen molar-refractivity contribution in [2.24, 2.45) is 0 Å². The monoisotopic (exact) mass is 480 g/mol. The zero-order valence-electron chi connectivity index (χ0n) is 19.1. The lowest BCUT2D eigenvalue weighted by Gasteiger charge is -2.36. The zero-order chi connectivity index (χ0) is 23.4. The molecule has 0 unspecified atom stereocenters. The summed E-state index contributed by atoms with van der Waals surface area (Å²) >= 11 is 0. The van der Waals surface area contributed by atoms with E-state index in [4.69, 9.17) is 9.47 Å². The van der Waals surface area contributed by atoms with Gasteiger partial charge in [0, 0.05) is 57.9 Å². The van der Waals surface area contributed by atoms with Crippen molar-refractivity contribution in [1.82, 2.24) is 19.0 Å². The second kappa shape index (κ2) is 10.4. The van der Waals surface area contributed by atoms with Crippen LogP contribution in [0.1, 0.15) is 23.2 Å². The van der Waals surface area contributed by atoms with E-state index in [-0.39, 0.29) is 22.5 Å². The van der Waals surface area contributed by atoms with Crippen LogP contribution in [0, 0.1) is 0 Å². The van der Waals surface area contributed by atoms with E-state index >= 15 is 0 Å². The molecule has 4 rings (SSSR count). The van der Waals surface area contributed by atoms with Gasteiger partial charge in [-0.05, 0) is 31.0 Å². The number of hydrogen-bond donors (Lipinski definition) is 0. The highest BCUT2D eigenvalue weighted by molar-refractivity contribution is 7.89. The maximum absolute atomic E-state index is 13.1. The fraction of sp³-hybridized carbons (Fsp3) is 0.636. The van der Waals surface area contributed by atoms with E-state index < -0.39 is 10.0 Å². The molecule has 0 saturated carbocycles. The normalized spacial score (nSPS) is 20.8. The molecule has 3 aliphatic rings. The van der Waals surface area contributed by atoms with Crippen LogP contribution in [0.4, 0.5) is 0 Å². The summed E-state index contributed by atoms with van der Waals surface area (Å²) in [5, 5.41) is 0. The molecule has 3 saturated heterocycles. The molecule has 1 aromatic carbocycles. The minimum Gasteiger partial charge on any atom is -0.495 e. The average Bonchev–Trinajstić information content (AvgIpc) is 3.40. The highest BCUT2D eigenvalue weighted by Gasteiger charge is 2.32. The van der Waals surface area contributed by atoms with E-state index in [1.54, 1.807) is 17.0 Å². The molecule has 0 atom stereocenters. The molecule has 33 heavy (non-hydrogen) atoms. The summed E-state index contributed by atoms with van der Waals surface area (Å²) < 4.78 is 38.3. The molecule has 3 aliphatic heterocycles. The molecule has 182 valence electrons. The van der Waals surface area contributed by atoms with E-state index in [1.165, 1.54) is 17.5 Å². The summed E-state index contributed by atoms with van der Waals surface area (Å²) in [6.07, 6.45) is 1.66. The van der Waals surface area contributed by atoms with Gasteiger partial charge in [0.2, 0.25) is 15.9 Å². The minimum atomic E-state index is -3.72. The number of piperazine rings is 1. The molecule has 3 heterocycles. The summed E-state index contributed by atoms with van der Waals surface area (Å²) in [6.45, 7) is 5.84. The van der Waals surface area contributed by atoms with Crippen molar-refractivity contribution in [3.05, 3.63) is 23.8 Å². The largest absolute Gasteiger partial charge is 0.495 e. The fourth-order valence-corrected chi connectivity index (χ4v) is 6.17. The standard InChI is InChI=1S/C22H32N4O6S/c1-31-19-5-4-18(16-20(19)33(29,30)26-6-2-3-7-26)22(28)25-10-8-23(9-11-25)17-21(27)24-12-14-32-15-13-24/h4-5,16H,2-3,6-15,17H2,1H3. The van der Waals surface area contributed by atoms with Crippen molar-refractivity contribution in [3.63, 3.8) is 0 Å². The molecule has 1 aromatic rings. The molecule has 3 fully saturated rings. The van der Waals surface area contributed by atoms with Crippen molar-refractivity contribution in [2.45, 2.75) is 17.7 Å². The fourth-order valence-electron chi connectivity index (χ4n) is 4.47. The molecular weight excluding hydrogens is 448 g/mol. The minimum absolute atomic E-state index is 0.0347. The molecule has 0 spiro atoms. The van der Waals surface area contributed by atoms with Gasteiger partial charge in [-0.25, -0.2) is 8.42 Å². The maximum atomic E-state index is 13.1. The zero-order valence-corrected chi connectivity index (χ0v) is 19.9. The Morgan fingerprint density at radius 3 is 2.24 bits per heavy atom. The molecule has 0 aromatic heterocycles. The first-order valence-electron chi connectivity index (χ1n) is 11.5. The number of carbonyl (C=O) groups excluding carboxylic acids is 2. The van der Waals surface area contributed by atoms with E-state index in [0.29, 0.717) is 77.7 Å². The summed E-state index contributed by atoms with van der Waals surface area (Å²) in [5.41, 5.74) is 0.325. The smallest absolute Gasteiger partial charge is 0.253 e. The first-order chi connectivity index (χ1) is 15.9. The highest BCUT2D eigenvalue weighted by Crippen LogP contribution is 2.30. The topological polar surface area (TPSA) is 99.7 Å². The van der Waals surface area contributed by atoms with Gasteiger partial charge >= 0.3 is 0 Å². The Bertz CT molecular complexity index is 965. The summed E-state index contributed by atoms with van der Waals surface area (Å²) in [6, 6.07) is 4.59. The summed E-state index contributed by atoms with van der Waals surface area (Å²) in [7, 11) is -2.30. The third-order valence-corrected chi connectivity index (χ3v) is 8.40. The quantitative estimate of drug-likeness (QED) is 0.569. The van der Waals surface area contributed by atoms with E-state index in [1.807, 2.05) is 4.90 Å². The van der Waals surface area contributed by atoms with E-state index in [2.05, 4.69) is 4.90 Å². The molecule has 0 radical (unpaired) electrons. The van der Waals surface area contributed by atoms with Crippen LogP contribution in [0.2, 0.25) is 0 Å². The van der Waals surface area contributed by atoms with Gasteiger partial charge in [-0.2, -0.15) is 4.31 Å². The van der Waals surface area contributed by atoms with Crippen LogP contribution < -0.4 is 4.74 Å². The van der Waals surface area contributed by atoms with Gasteiger partial charge in [0.1, 0.15) is 10.6 Å². The van der Waals surface area contributed by atoms with E-state index in [9.17, 15) is 18.0 Å². The number of benzene rings is 1. The number of rotatable bonds is 6. The summed E-state index contributed by atoms with van der Waals surface area (Å²) in [4.78, 5) is 31.2. The Hall–Kier alpha value is -2.21. The van der Waals surface area contributed by atoms with Crippen LogP contribution in [0.3, 0.4) is 0 Å². The molecule has 0 N–H and O–H groups in total. The third-order valence-electron chi connectivity index (χ3n) is 6.48. The second-order valence-corrected chi connectivity index (χ2v) is 10.4. The highest BCUT2D eigenvalue weighted by atomic mass is 32.2. The lowest BCUT2D eigenvalue weighted by Crippen LogP contribution is -2.52. The van der Waals surface area contributed by atoms with Crippen molar-refractivity contribution in [2.75, 3.05) is 79.2 Å². The maximum Gasteiger partial charge on any atom is 0.253 e. The summed E-state index contributed by atoms with van der Waals surface area (Å²) in [5.74, 6) is 0.115. The van der Waals surface area contributed by atoms with Crippen LogP contribution >= 0.6 is 0 Å². The van der Waals surface area contributed by atoms with Crippen LogP contribution in [-0.2, 0) is 19.6 Å². The predicted molar refractivity (Wildman–Crippen MR) is 121 cm³/mol. The Kier molecular flexibility index (Phi) is 7.52. The van der Waals surface area contributed by atoms with Crippen molar-refractivity contribution in [3.8, 4) is 5.75 Å². The van der Waals surface area contributed by atoms with Crippen molar-refractivity contribution >= 4 is 21.8 Å². The number of carbonyl (C=O) groups is 2. The number of methoxy groups -OCH3 is 1. The first-order valence-corrected chi connectivity index (χ1v) is 12.9. The first kappa shape index (κ1) is 23.9. The number of ether oxygens (including phenoxy) is 2. The Labute approximate surface area is 195 Å². The van der Waals surface area contributed by atoms with Gasteiger partial charge < -0.3 is 19.3 Å². The van der Waals surface area contributed by atoms with Crippen molar-refractivity contribution < 1.29 is 27.5 Å². The Balaban J connectivity index is 1.40. The number of nitrogens with zero attached hydrogens (tertiary/aromatic N) is 4. The van der Waals surface area contributed by atoms with E-state index in [0.717, 1.165) is 12.8 Å². The Morgan fingerprint density at radius 2 is 1.61 bits per heavy atom. The van der Waals surface area contributed by atoms with Gasteiger partial charge in [0.15, 0.2) is 0 Å². The molecule has 0 bridgehead atoms. The number of sulfonamides is 1.